The van der Waals surface area contributed by atoms with Gasteiger partial charge in [0, 0.05) is 17.6 Å². The van der Waals surface area contributed by atoms with Gasteiger partial charge in [0.25, 0.3) is 0 Å². The number of halogens is 1. The molecule has 2 rings (SSSR count). The van der Waals surface area contributed by atoms with Crippen molar-refractivity contribution < 1.29 is 9.47 Å². The van der Waals surface area contributed by atoms with Gasteiger partial charge in [0.15, 0.2) is 0 Å². The van der Waals surface area contributed by atoms with Gasteiger partial charge in [-0.15, -0.1) is 22.9 Å². The van der Waals surface area contributed by atoms with E-state index in [1.54, 1.807) is 11.3 Å². The molecule has 0 aliphatic heterocycles. The Balaban J connectivity index is 2.06. The van der Waals surface area contributed by atoms with Gasteiger partial charge in [-0.05, 0) is 19.4 Å². The molecule has 1 unspecified atom stereocenters. The zero-order valence-corrected chi connectivity index (χ0v) is 13.9. The molecule has 114 valence electrons. The summed E-state index contributed by atoms with van der Waals surface area (Å²) in [5.41, 5.74) is 3.16. The van der Waals surface area contributed by atoms with E-state index in [0.29, 0.717) is 25.7 Å². The largest absolute Gasteiger partial charge is 0.379 e. The summed E-state index contributed by atoms with van der Waals surface area (Å²) in [6.07, 6.45) is 0.0766. The monoisotopic (exact) mass is 325 g/mol. The van der Waals surface area contributed by atoms with Crippen molar-refractivity contribution in [2.24, 2.45) is 0 Å². The summed E-state index contributed by atoms with van der Waals surface area (Å²) in [5, 5.41) is 2.99. The molecule has 1 atom stereocenters. The summed E-state index contributed by atoms with van der Waals surface area (Å²) in [6, 6.07) is 8.18. The number of hydrogen-bond donors (Lipinski definition) is 0. The van der Waals surface area contributed by atoms with Crippen LogP contribution in [0.4, 0.5) is 0 Å². The number of benzene rings is 1. The third-order valence-electron chi connectivity index (χ3n) is 3.02. The van der Waals surface area contributed by atoms with E-state index in [2.05, 4.69) is 17.1 Å². The normalized spacial score (nSPS) is 12.5. The summed E-state index contributed by atoms with van der Waals surface area (Å²) in [6.45, 7) is 5.89. The van der Waals surface area contributed by atoms with Gasteiger partial charge < -0.3 is 9.47 Å². The highest BCUT2D eigenvalue weighted by Crippen LogP contribution is 2.28. The average Bonchev–Trinajstić information content (AvgIpc) is 3.00. The lowest BCUT2D eigenvalue weighted by atomic mass is 10.1. The van der Waals surface area contributed by atoms with E-state index < -0.39 is 0 Å². The van der Waals surface area contributed by atoms with Gasteiger partial charge in [-0.1, -0.05) is 24.3 Å². The van der Waals surface area contributed by atoms with Crippen LogP contribution < -0.4 is 0 Å². The maximum absolute atomic E-state index is 5.85. The summed E-state index contributed by atoms with van der Waals surface area (Å²) in [5.74, 6) is 0.445. The van der Waals surface area contributed by atoms with Crippen molar-refractivity contribution in [2.75, 3.05) is 13.2 Å². The van der Waals surface area contributed by atoms with Crippen molar-refractivity contribution >= 4 is 22.9 Å². The highest BCUT2D eigenvalue weighted by molar-refractivity contribution is 7.13. The Labute approximate surface area is 134 Å². The molecule has 0 N–H and O–H groups in total. The van der Waals surface area contributed by atoms with Gasteiger partial charge in [0.05, 0.1) is 30.9 Å². The molecule has 1 heterocycles. The molecule has 0 aliphatic carbocycles. The Bertz CT molecular complexity index is 559. The average molecular weight is 326 g/mol. The summed E-state index contributed by atoms with van der Waals surface area (Å²) in [4.78, 5) is 4.54. The van der Waals surface area contributed by atoms with Gasteiger partial charge >= 0.3 is 0 Å². The second-order valence-corrected chi connectivity index (χ2v) is 5.84. The SMILES string of the molecule is CCOCC(C)OCc1ccccc1-c1nc(CCl)cs1. The molecule has 0 aliphatic rings. The Morgan fingerprint density at radius 2 is 2.14 bits per heavy atom. The van der Waals surface area contributed by atoms with E-state index in [1.807, 2.05) is 31.4 Å². The van der Waals surface area contributed by atoms with Gasteiger partial charge in [0.2, 0.25) is 0 Å². The van der Waals surface area contributed by atoms with Gasteiger partial charge in [-0.3, -0.25) is 0 Å². The zero-order chi connectivity index (χ0) is 15.1. The van der Waals surface area contributed by atoms with Crippen LogP contribution in [-0.4, -0.2) is 24.3 Å². The Kier molecular flexibility index (Phi) is 6.64. The lowest BCUT2D eigenvalue weighted by Crippen LogP contribution is -2.16. The molecule has 2 aromatic rings. The van der Waals surface area contributed by atoms with Crippen LogP contribution in [0.5, 0.6) is 0 Å². The van der Waals surface area contributed by atoms with E-state index >= 15 is 0 Å². The van der Waals surface area contributed by atoms with E-state index in [0.717, 1.165) is 21.8 Å². The fraction of sp³-hybridized carbons (Fsp3) is 0.438. The lowest BCUT2D eigenvalue weighted by molar-refractivity contribution is -0.0115. The summed E-state index contributed by atoms with van der Waals surface area (Å²) in [7, 11) is 0. The number of ether oxygens (including phenoxy) is 2. The molecular weight excluding hydrogens is 306 g/mol. The standard InChI is InChI=1S/C16H20ClNO2S/c1-3-19-9-12(2)20-10-13-6-4-5-7-15(13)16-18-14(8-17)11-21-16/h4-7,11-12H,3,8-10H2,1-2H3. The first-order valence-corrected chi connectivity index (χ1v) is 8.44. The van der Waals surface area contributed by atoms with Crippen LogP contribution in [0, 0.1) is 0 Å². The minimum absolute atomic E-state index is 0.0766. The van der Waals surface area contributed by atoms with Crippen molar-refractivity contribution in [1.82, 2.24) is 4.98 Å². The number of thiazole rings is 1. The molecule has 0 spiro atoms. The zero-order valence-electron chi connectivity index (χ0n) is 12.3. The summed E-state index contributed by atoms with van der Waals surface area (Å²) < 4.78 is 11.2. The molecule has 21 heavy (non-hydrogen) atoms. The smallest absolute Gasteiger partial charge is 0.124 e. The molecule has 5 heteroatoms. The van der Waals surface area contributed by atoms with Crippen molar-refractivity contribution in [1.29, 1.82) is 0 Å². The van der Waals surface area contributed by atoms with Gasteiger partial charge in [0.1, 0.15) is 5.01 Å². The van der Waals surface area contributed by atoms with Crippen molar-refractivity contribution in [3.05, 3.63) is 40.9 Å². The first-order chi connectivity index (χ1) is 10.2. The maximum atomic E-state index is 5.85. The molecule has 0 amide bonds. The lowest BCUT2D eigenvalue weighted by Gasteiger charge is -2.14. The van der Waals surface area contributed by atoms with Crippen LogP contribution in [0.15, 0.2) is 29.6 Å². The molecule has 0 saturated heterocycles. The number of aromatic nitrogens is 1. The first-order valence-electron chi connectivity index (χ1n) is 7.02. The minimum Gasteiger partial charge on any atom is -0.379 e. The third-order valence-corrected chi connectivity index (χ3v) is 4.21. The van der Waals surface area contributed by atoms with Crippen LogP contribution in [-0.2, 0) is 22.0 Å². The minimum atomic E-state index is 0.0766. The Hall–Kier alpha value is -0.940. The number of nitrogens with zero attached hydrogens (tertiary/aromatic N) is 1. The Morgan fingerprint density at radius 3 is 2.86 bits per heavy atom. The van der Waals surface area contributed by atoms with Gasteiger partial charge in [-0.2, -0.15) is 0 Å². The third kappa shape index (κ3) is 4.78. The fourth-order valence-electron chi connectivity index (χ4n) is 1.91. The van der Waals surface area contributed by atoms with Crippen molar-refractivity contribution in [2.45, 2.75) is 32.4 Å². The van der Waals surface area contributed by atoms with Crippen LogP contribution in [0.2, 0.25) is 0 Å². The first kappa shape index (κ1) is 16.4. The molecule has 0 radical (unpaired) electrons. The molecule has 3 nitrogen and oxygen atoms in total. The highest BCUT2D eigenvalue weighted by atomic mass is 35.5. The molecule has 0 saturated carbocycles. The maximum Gasteiger partial charge on any atom is 0.124 e. The van der Waals surface area contributed by atoms with Crippen LogP contribution in [0.3, 0.4) is 0 Å². The van der Waals surface area contributed by atoms with Crippen LogP contribution >= 0.6 is 22.9 Å². The molecular formula is C16H20ClNO2S. The quantitative estimate of drug-likeness (QED) is 0.670. The predicted molar refractivity (Wildman–Crippen MR) is 87.9 cm³/mol. The number of alkyl halides is 1. The van der Waals surface area contributed by atoms with E-state index in [4.69, 9.17) is 21.1 Å². The highest BCUT2D eigenvalue weighted by Gasteiger charge is 2.10. The molecule has 1 aromatic carbocycles. The topological polar surface area (TPSA) is 31.4 Å². The Morgan fingerprint density at radius 1 is 1.33 bits per heavy atom. The second-order valence-electron chi connectivity index (χ2n) is 4.72. The van der Waals surface area contributed by atoms with Crippen molar-refractivity contribution in [3.63, 3.8) is 0 Å². The predicted octanol–water partition coefficient (Wildman–Crippen LogP) is 4.49. The summed E-state index contributed by atoms with van der Waals surface area (Å²) >= 11 is 7.44. The van der Waals surface area contributed by atoms with Crippen LogP contribution in [0.1, 0.15) is 25.1 Å². The van der Waals surface area contributed by atoms with E-state index in [-0.39, 0.29) is 6.10 Å². The number of hydrogen-bond acceptors (Lipinski definition) is 4. The van der Waals surface area contributed by atoms with Gasteiger partial charge in [-0.25, -0.2) is 4.98 Å². The van der Waals surface area contributed by atoms with Crippen molar-refractivity contribution in [3.8, 4) is 10.6 Å². The van der Waals surface area contributed by atoms with E-state index in [1.165, 1.54) is 0 Å². The molecule has 0 bridgehead atoms. The fourth-order valence-corrected chi connectivity index (χ4v) is 3.02. The van der Waals surface area contributed by atoms with Crippen LogP contribution in [0.25, 0.3) is 10.6 Å². The molecule has 0 fully saturated rings. The van der Waals surface area contributed by atoms with E-state index in [9.17, 15) is 0 Å². The molecule has 1 aromatic heterocycles. The second kappa shape index (κ2) is 8.49. The number of rotatable bonds is 8.